The summed E-state index contributed by atoms with van der Waals surface area (Å²) in [5.74, 6) is 0.000809. The molecule has 1 aliphatic heterocycles. The van der Waals surface area contributed by atoms with Crippen LogP contribution in [0.1, 0.15) is 28.9 Å². The first-order valence-corrected chi connectivity index (χ1v) is 9.53. The lowest BCUT2D eigenvalue weighted by atomic mass is 10.1. The van der Waals surface area contributed by atoms with E-state index in [0.29, 0.717) is 29.7 Å². The van der Waals surface area contributed by atoms with Crippen molar-refractivity contribution in [3.8, 4) is 11.7 Å². The standard InChI is InChI=1S/C20H20ClN5O2/c1-14-18(13-24-26(14)16-5-3-2-4-6-16)19(27)25-9-7-17(8-10-25)28-20-22-11-15(21)12-23-20/h2-6,11-13,17H,7-10H2,1H3. The minimum absolute atomic E-state index is 0.000809. The largest absolute Gasteiger partial charge is 0.460 e. The average molecular weight is 398 g/mol. The zero-order chi connectivity index (χ0) is 19.5. The van der Waals surface area contributed by atoms with Gasteiger partial charge in [-0.15, -0.1) is 0 Å². The summed E-state index contributed by atoms with van der Waals surface area (Å²) in [7, 11) is 0. The Morgan fingerprint density at radius 2 is 1.79 bits per heavy atom. The van der Waals surface area contributed by atoms with Gasteiger partial charge in [-0.2, -0.15) is 5.10 Å². The lowest BCUT2D eigenvalue weighted by Gasteiger charge is -2.31. The Bertz CT molecular complexity index is 950. The molecule has 28 heavy (non-hydrogen) atoms. The molecule has 1 saturated heterocycles. The molecule has 1 aliphatic rings. The smallest absolute Gasteiger partial charge is 0.316 e. The second-order valence-electron chi connectivity index (χ2n) is 6.68. The molecule has 4 rings (SSSR count). The summed E-state index contributed by atoms with van der Waals surface area (Å²) in [5, 5.41) is 4.87. The molecule has 0 saturated carbocycles. The number of amides is 1. The van der Waals surface area contributed by atoms with Gasteiger partial charge in [0.25, 0.3) is 5.91 Å². The molecular formula is C20H20ClN5O2. The van der Waals surface area contributed by atoms with Crippen LogP contribution in [0.5, 0.6) is 6.01 Å². The Hall–Kier alpha value is -2.93. The monoisotopic (exact) mass is 397 g/mol. The number of hydrogen-bond donors (Lipinski definition) is 0. The molecule has 0 bridgehead atoms. The van der Waals surface area contributed by atoms with Crippen LogP contribution in [0.3, 0.4) is 0 Å². The number of benzene rings is 1. The molecule has 3 aromatic rings. The number of hydrogen-bond acceptors (Lipinski definition) is 5. The van der Waals surface area contributed by atoms with E-state index in [-0.39, 0.29) is 12.0 Å². The van der Waals surface area contributed by atoms with E-state index in [1.54, 1.807) is 10.9 Å². The first-order valence-electron chi connectivity index (χ1n) is 9.15. The van der Waals surface area contributed by atoms with Gasteiger partial charge in [0.15, 0.2) is 0 Å². The van der Waals surface area contributed by atoms with Crippen molar-refractivity contribution in [3.63, 3.8) is 0 Å². The van der Waals surface area contributed by atoms with E-state index < -0.39 is 0 Å². The minimum atomic E-state index is -0.0154. The topological polar surface area (TPSA) is 73.1 Å². The van der Waals surface area contributed by atoms with E-state index in [0.717, 1.165) is 24.2 Å². The highest BCUT2D eigenvalue weighted by atomic mass is 35.5. The third-order valence-electron chi connectivity index (χ3n) is 4.84. The molecule has 1 amide bonds. The molecular weight excluding hydrogens is 378 g/mol. The molecule has 1 aromatic carbocycles. The second kappa shape index (κ2) is 7.98. The molecule has 1 fully saturated rings. The van der Waals surface area contributed by atoms with E-state index >= 15 is 0 Å². The number of likely N-dealkylation sites (tertiary alicyclic amines) is 1. The predicted molar refractivity (Wildman–Crippen MR) is 105 cm³/mol. The fourth-order valence-corrected chi connectivity index (χ4v) is 3.40. The third-order valence-corrected chi connectivity index (χ3v) is 5.03. The fraction of sp³-hybridized carbons (Fsp3) is 0.300. The summed E-state index contributed by atoms with van der Waals surface area (Å²) < 4.78 is 7.59. The molecule has 0 spiro atoms. The van der Waals surface area contributed by atoms with Crippen molar-refractivity contribution >= 4 is 17.5 Å². The van der Waals surface area contributed by atoms with Crippen LogP contribution in [0.2, 0.25) is 5.02 Å². The van der Waals surface area contributed by atoms with Gasteiger partial charge in [-0.3, -0.25) is 4.79 Å². The predicted octanol–water partition coefficient (Wildman–Crippen LogP) is 3.31. The second-order valence-corrected chi connectivity index (χ2v) is 7.12. The van der Waals surface area contributed by atoms with Crippen molar-refractivity contribution < 1.29 is 9.53 Å². The summed E-state index contributed by atoms with van der Waals surface area (Å²) in [5.41, 5.74) is 2.41. The van der Waals surface area contributed by atoms with Crippen molar-refractivity contribution in [3.05, 3.63) is 65.2 Å². The number of carbonyl (C=O) groups excluding carboxylic acids is 1. The lowest BCUT2D eigenvalue weighted by molar-refractivity contribution is 0.0578. The minimum Gasteiger partial charge on any atom is -0.460 e. The van der Waals surface area contributed by atoms with Gasteiger partial charge in [-0.1, -0.05) is 29.8 Å². The van der Waals surface area contributed by atoms with Crippen LogP contribution in [0.25, 0.3) is 5.69 Å². The average Bonchev–Trinajstić information content (AvgIpc) is 3.12. The third kappa shape index (κ3) is 3.84. The van der Waals surface area contributed by atoms with Crippen LogP contribution >= 0.6 is 11.6 Å². The molecule has 2 aromatic heterocycles. The molecule has 0 N–H and O–H groups in total. The van der Waals surface area contributed by atoms with E-state index in [9.17, 15) is 4.79 Å². The van der Waals surface area contributed by atoms with E-state index in [4.69, 9.17) is 16.3 Å². The highest BCUT2D eigenvalue weighted by molar-refractivity contribution is 6.30. The molecule has 0 radical (unpaired) electrons. The molecule has 0 unspecified atom stereocenters. The fourth-order valence-electron chi connectivity index (χ4n) is 3.31. The van der Waals surface area contributed by atoms with Crippen LogP contribution in [-0.4, -0.2) is 49.7 Å². The van der Waals surface area contributed by atoms with Crippen molar-refractivity contribution in [2.45, 2.75) is 25.9 Å². The van der Waals surface area contributed by atoms with E-state index in [2.05, 4.69) is 15.1 Å². The zero-order valence-corrected chi connectivity index (χ0v) is 16.2. The van der Waals surface area contributed by atoms with Crippen LogP contribution < -0.4 is 4.74 Å². The Labute approximate surface area is 167 Å². The molecule has 0 atom stereocenters. The summed E-state index contributed by atoms with van der Waals surface area (Å²) in [4.78, 5) is 22.9. The Kier molecular flexibility index (Phi) is 5.25. The Morgan fingerprint density at radius 1 is 1.11 bits per heavy atom. The molecule has 8 heteroatoms. The maximum Gasteiger partial charge on any atom is 0.316 e. The summed E-state index contributed by atoms with van der Waals surface area (Å²) in [6.45, 7) is 3.15. The van der Waals surface area contributed by atoms with Crippen molar-refractivity contribution in [2.24, 2.45) is 0 Å². The quantitative estimate of drug-likeness (QED) is 0.675. The van der Waals surface area contributed by atoms with Gasteiger partial charge in [0, 0.05) is 25.9 Å². The van der Waals surface area contributed by atoms with Crippen LogP contribution in [0, 0.1) is 6.92 Å². The highest BCUT2D eigenvalue weighted by Crippen LogP contribution is 2.20. The van der Waals surface area contributed by atoms with Gasteiger partial charge >= 0.3 is 6.01 Å². The van der Waals surface area contributed by atoms with Crippen LogP contribution in [0.15, 0.2) is 48.9 Å². The van der Waals surface area contributed by atoms with Gasteiger partial charge in [-0.25, -0.2) is 14.6 Å². The molecule has 7 nitrogen and oxygen atoms in total. The SMILES string of the molecule is Cc1c(C(=O)N2CCC(Oc3ncc(Cl)cn3)CC2)cnn1-c1ccccc1. The Morgan fingerprint density at radius 3 is 2.46 bits per heavy atom. The highest BCUT2D eigenvalue weighted by Gasteiger charge is 2.27. The summed E-state index contributed by atoms with van der Waals surface area (Å²) in [6, 6.07) is 10.1. The van der Waals surface area contributed by atoms with Crippen molar-refractivity contribution in [1.29, 1.82) is 0 Å². The number of rotatable bonds is 4. The van der Waals surface area contributed by atoms with Crippen molar-refractivity contribution in [2.75, 3.05) is 13.1 Å². The number of piperidine rings is 1. The van der Waals surface area contributed by atoms with Crippen LogP contribution in [0.4, 0.5) is 0 Å². The van der Waals surface area contributed by atoms with Crippen LogP contribution in [-0.2, 0) is 0 Å². The normalized spacial score (nSPS) is 14.9. The van der Waals surface area contributed by atoms with Gasteiger partial charge < -0.3 is 9.64 Å². The van der Waals surface area contributed by atoms with E-state index in [1.807, 2.05) is 42.2 Å². The maximum atomic E-state index is 13.0. The lowest BCUT2D eigenvalue weighted by Crippen LogP contribution is -2.42. The summed E-state index contributed by atoms with van der Waals surface area (Å²) in [6.07, 6.45) is 6.10. The number of para-hydroxylation sites is 1. The summed E-state index contributed by atoms with van der Waals surface area (Å²) >= 11 is 5.79. The van der Waals surface area contributed by atoms with Gasteiger partial charge in [-0.05, 0) is 19.1 Å². The molecule has 0 aliphatic carbocycles. The number of carbonyl (C=O) groups is 1. The van der Waals surface area contributed by atoms with Crippen molar-refractivity contribution in [1.82, 2.24) is 24.6 Å². The Balaban J connectivity index is 1.39. The number of ether oxygens (including phenoxy) is 1. The first kappa shape index (κ1) is 18.4. The number of aromatic nitrogens is 4. The molecule has 144 valence electrons. The number of halogens is 1. The van der Waals surface area contributed by atoms with Gasteiger partial charge in [0.05, 0.1) is 40.6 Å². The number of nitrogens with zero attached hydrogens (tertiary/aromatic N) is 5. The molecule has 3 heterocycles. The van der Waals surface area contributed by atoms with E-state index in [1.165, 1.54) is 12.4 Å². The van der Waals surface area contributed by atoms with Gasteiger partial charge in [0.1, 0.15) is 6.10 Å². The van der Waals surface area contributed by atoms with Gasteiger partial charge in [0.2, 0.25) is 0 Å². The maximum absolute atomic E-state index is 13.0. The first-order chi connectivity index (χ1) is 13.6. The zero-order valence-electron chi connectivity index (χ0n) is 15.5.